The van der Waals surface area contributed by atoms with Gasteiger partial charge in [-0.2, -0.15) is 0 Å². The van der Waals surface area contributed by atoms with E-state index in [2.05, 4.69) is 12.2 Å². The summed E-state index contributed by atoms with van der Waals surface area (Å²) in [5.41, 5.74) is -0.640. The predicted molar refractivity (Wildman–Crippen MR) is 132 cm³/mol. The van der Waals surface area contributed by atoms with E-state index in [0.29, 0.717) is 18.9 Å². The third-order valence-electron chi connectivity index (χ3n) is 6.46. The molecule has 7 heteroatoms. The maximum absolute atomic E-state index is 13.0. The monoisotopic (exact) mass is 470 g/mol. The molecule has 1 aliphatic heterocycles. The minimum atomic E-state index is -0.879. The molecule has 1 fully saturated rings. The number of amides is 2. The Kier molecular flexibility index (Phi) is 14.0. The van der Waals surface area contributed by atoms with E-state index in [1.54, 1.807) is 0 Å². The number of nitrogens with one attached hydrogen (secondary N) is 1. The molecule has 3 N–H and O–H groups in total. The van der Waals surface area contributed by atoms with E-state index in [1.807, 2.05) is 20.8 Å². The molecule has 1 saturated heterocycles. The van der Waals surface area contributed by atoms with Crippen molar-refractivity contribution in [3.63, 3.8) is 0 Å². The van der Waals surface area contributed by atoms with E-state index < -0.39 is 29.9 Å². The van der Waals surface area contributed by atoms with Crippen molar-refractivity contribution in [2.45, 2.75) is 135 Å². The first-order valence-electron chi connectivity index (χ1n) is 13.2. The summed E-state index contributed by atoms with van der Waals surface area (Å²) in [6.45, 7) is 9.33. The number of hydrogen-bond acceptors (Lipinski definition) is 5. The van der Waals surface area contributed by atoms with Crippen molar-refractivity contribution in [2.24, 2.45) is 5.92 Å². The highest BCUT2D eigenvalue weighted by molar-refractivity contribution is 5.86. The van der Waals surface area contributed by atoms with Gasteiger partial charge < -0.3 is 20.3 Å². The lowest BCUT2D eigenvalue weighted by atomic mass is 9.86. The summed E-state index contributed by atoms with van der Waals surface area (Å²) in [4.78, 5) is 27.3. The molecule has 1 aliphatic rings. The second-order valence-electron chi connectivity index (χ2n) is 10.7. The number of piperidine rings is 1. The van der Waals surface area contributed by atoms with Crippen LogP contribution in [-0.2, 0) is 9.53 Å². The average Bonchev–Trinajstić information content (AvgIpc) is 2.74. The van der Waals surface area contributed by atoms with Gasteiger partial charge >= 0.3 is 6.09 Å². The van der Waals surface area contributed by atoms with Crippen molar-refractivity contribution in [3.05, 3.63) is 0 Å². The second-order valence-corrected chi connectivity index (χ2v) is 10.7. The molecule has 0 aliphatic carbocycles. The molecule has 7 nitrogen and oxygen atoms in total. The van der Waals surface area contributed by atoms with Gasteiger partial charge in [0.15, 0.2) is 0 Å². The van der Waals surface area contributed by atoms with Crippen LogP contribution in [0.2, 0.25) is 0 Å². The van der Waals surface area contributed by atoms with E-state index in [9.17, 15) is 19.8 Å². The smallest absolute Gasteiger partial charge is 0.410 e. The van der Waals surface area contributed by atoms with E-state index in [-0.39, 0.29) is 12.5 Å². The number of rotatable bonds is 14. The Bertz CT molecular complexity index is 561. The van der Waals surface area contributed by atoms with Crippen molar-refractivity contribution in [2.75, 3.05) is 13.2 Å². The fourth-order valence-corrected chi connectivity index (χ4v) is 4.43. The van der Waals surface area contributed by atoms with Crippen LogP contribution in [0, 0.1) is 5.92 Å². The largest absolute Gasteiger partial charge is 0.444 e. The number of likely N-dealkylation sites (tertiary alicyclic amines) is 1. The first-order valence-corrected chi connectivity index (χ1v) is 13.2. The van der Waals surface area contributed by atoms with Gasteiger partial charge in [-0.05, 0) is 46.5 Å². The van der Waals surface area contributed by atoms with Gasteiger partial charge in [-0.15, -0.1) is 0 Å². The number of unbranched alkanes of at least 4 members (excludes halogenated alkanes) is 8. The first-order chi connectivity index (χ1) is 15.6. The minimum Gasteiger partial charge on any atom is -0.444 e. The zero-order chi connectivity index (χ0) is 24.9. The zero-order valence-electron chi connectivity index (χ0n) is 21.8. The van der Waals surface area contributed by atoms with Crippen LogP contribution < -0.4 is 5.32 Å². The summed E-state index contributed by atoms with van der Waals surface area (Å²) < 4.78 is 5.54. The molecule has 0 saturated carbocycles. The molecule has 0 aromatic carbocycles. The van der Waals surface area contributed by atoms with Crippen LogP contribution in [0.5, 0.6) is 0 Å². The van der Waals surface area contributed by atoms with Crippen LogP contribution in [-0.4, -0.2) is 64.1 Å². The number of aliphatic hydroxyl groups excluding tert-OH is 2. The molecule has 0 aromatic rings. The molecule has 0 aromatic heterocycles. The fourth-order valence-electron chi connectivity index (χ4n) is 4.43. The molecular formula is C26H50N2O5. The van der Waals surface area contributed by atoms with Gasteiger partial charge in [-0.3, -0.25) is 9.69 Å². The Hall–Kier alpha value is -1.34. The summed E-state index contributed by atoms with van der Waals surface area (Å²) in [6, 6.07) is -1.40. The SMILES string of the molecule is CCCCCCCCCCCC1CCN(C(=O)OC(C)(C)C)C(C(=O)N[C@H](CO)[C@@H](C)O)C1. The molecule has 2 unspecified atom stereocenters. The third-order valence-corrected chi connectivity index (χ3v) is 6.46. The van der Waals surface area contributed by atoms with Gasteiger partial charge in [-0.25, -0.2) is 4.79 Å². The standard InChI is InChI=1S/C26H50N2O5/c1-6-7-8-9-10-11-12-13-14-15-21-16-17-28(25(32)33-26(3,4)5)23(18-21)24(31)27-22(19-29)20(2)30/h20-23,29-30H,6-19H2,1-5H3,(H,27,31)/t20-,21?,22-,23?/m1/s1. The van der Waals surface area contributed by atoms with Gasteiger partial charge in [-0.1, -0.05) is 71.1 Å². The summed E-state index contributed by atoms with van der Waals surface area (Å²) in [5, 5.41) is 22.0. The maximum Gasteiger partial charge on any atom is 0.410 e. The highest BCUT2D eigenvalue weighted by Gasteiger charge is 2.38. The Morgan fingerprint density at radius 1 is 1.06 bits per heavy atom. The molecule has 194 valence electrons. The molecule has 0 radical (unpaired) electrons. The van der Waals surface area contributed by atoms with Crippen LogP contribution in [0.1, 0.15) is 112 Å². The molecule has 1 rings (SSSR count). The summed E-state index contributed by atoms with van der Waals surface area (Å²) >= 11 is 0. The maximum atomic E-state index is 13.0. The number of nitrogens with zero attached hydrogens (tertiary/aromatic N) is 1. The van der Waals surface area contributed by atoms with Crippen molar-refractivity contribution < 1.29 is 24.5 Å². The van der Waals surface area contributed by atoms with Crippen LogP contribution in [0.15, 0.2) is 0 Å². The van der Waals surface area contributed by atoms with Crippen LogP contribution >= 0.6 is 0 Å². The van der Waals surface area contributed by atoms with E-state index in [0.717, 1.165) is 19.3 Å². The lowest BCUT2D eigenvalue weighted by Crippen LogP contribution is -2.57. The fraction of sp³-hybridized carbons (Fsp3) is 0.923. The highest BCUT2D eigenvalue weighted by atomic mass is 16.6. The normalized spacial score (nSPS) is 20.9. The zero-order valence-corrected chi connectivity index (χ0v) is 21.8. The number of ether oxygens (including phenoxy) is 1. The topological polar surface area (TPSA) is 99.1 Å². The van der Waals surface area contributed by atoms with Crippen LogP contribution in [0.25, 0.3) is 0 Å². The molecule has 2 amide bonds. The third kappa shape index (κ3) is 12.1. The molecule has 1 heterocycles. The Labute approximate surface area is 201 Å². The van der Waals surface area contributed by atoms with Crippen molar-refractivity contribution in [3.8, 4) is 0 Å². The summed E-state index contributed by atoms with van der Waals surface area (Å²) in [7, 11) is 0. The van der Waals surface area contributed by atoms with Crippen LogP contribution in [0.3, 0.4) is 0 Å². The number of carbonyl (C=O) groups excluding carboxylic acids is 2. The highest BCUT2D eigenvalue weighted by Crippen LogP contribution is 2.29. The second kappa shape index (κ2) is 15.5. The summed E-state index contributed by atoms with van der Waals surface area (Å²) in [5.74, 6) is 0.0423. The van der Waals surface area contributed by atoms with Crippen molar-refractivity contribution in [1.82, 2.24) is 10.2 Å². The van der Waals surface area contributed by atoms with Gasteiger partial charge in [0.05, 0.1) is 18.8 Å². The molecule has 4 atom stereocenters. The molecule has 0 spiro atoms. The lowest BCUT2D eigenvalue weighted by molar-refractivity contribution is -0.130. The van der Waals surface area contributed by atoms with E-state index in [1.165, 1.54) is 63.2 Å². The number of aliphatic hydroxyl groups is 2. The van der Waals surface area contributed by atoms with E-state index in [4.69, 9.17) is 4.74 Å². The summed E-state index contributed by atoms with van der Waals surface area (Å²) in [6.07, 6.45) is 12.7. The average molecular weight is 471 g/mol. The molecular weight excluding hydrogens is 420 g/mol. The quantitative estimate of drug-likeness (QED) is 0.317. The minimum absolute atomic E-state index is 0.336. The van der Waals surface area contributed by atoms with Gasteiger partial charge in [0.1, 0.15) is 11.6 Å². The van der Waals surface area contributed by atoms with Gasteiger partial charge in [0, 0.05) is 6.54 Å². The lowest BCUT2D eigenvalue weighted by Gasteiger charge is -2.39. The van der Waals surface area contributed by atoms with Crippen LogP contribution in [0.4, 0.5) is 4.79 Å². The predicted octanol–water partition coefficient (Wildman–Crippen LogP) is 4.78. The van der Waals surface area contributed by atoms with Crippen molar-refractivity contribution in [1.29, 1.82) is 0 Å². The number of hydrogen-bond donors (Lipinski definition) is 3. The molecule has 0 bridgehead atoms. The Balaban J connectivity index is 2.60. The van der Waals surface area contributed by atoms with E-state index >= 15 is 0 Å². The van der Waals surface area contributed by atoms with Gasteiger partial charge in [0.25, 0.3) is 0 Å². The van der Waals surface area contributed by atoms with Crippen molar-refractivity contribution >= 4 is 12.0 Å². The number of carbonyl (C=O) groups is 2. The van der Waals surface area contributed by atoms with Gasteiger partial charge in [0.2, 0.25) is 5.91 Å². The molecule has 33 heavy (non-hydrogen) atoms. The Morgan fingerprint density at radius 3 is 2.15 bits per heavy atom. The first kappa shape index (κ1) is 29.7. The Morgan fingerprint density at radius 2 is 1.64 bits per heavy atom.